The molecule has 0 unspecified atom stereocenters. The van der Waals surface area contributed by atoms with E-state index >= 15 is 0 Å². The van der Waals surface area contributed by atoms with Crippen molar-refractivity contribution in [3.05, 3.63) is 23.4 Å². The molecule has 1 aliphatic rings. The fourth-order valence-corrected chi connectivity index (χ4v) is 2.10. The van der Waals surface area contributed by atoms with Gasteiger partial charge in [-0.2, -0.15) is 0 Å². The summed E-state index contributed by atoms with van der Waals surface area (Å²) in [7, 11) is 0. The summed E-state index contributed by atoms with van der Waals surface area (Å²) in [5.41, 5.74) is 0. The van der Waals surface area contributed by atoms with Gasteiger partial charge in [-0.15, -0.1) is 0 Å². The number of rotatable bonds is 1. The summed E-state index contributed by atoms with van der Waals surface area (Å²) in [5.74, 6) is 0.434. The van der Waals surface area contributed by atoms with Crippen LogP contribution in [0.25, 0.3) is 0 Å². The van der Waals surface area contributed by atoms with Gasteiger partial charge in [0.1, 0.15) is 0 Å². The first-order valence-electron chi connectivity index (χ1n) is 5.94. The number of carbonyl (C=O) groups is 1. The molecule has 1 aliphatic heterocycles. The fourth-order valence-electron chi connectivity index (χ4n) is 1.93. The van der Waals surface area contributed by atoms with Crippen LogP contribution in [0, 0.1) is 0 Å². The Morgan fingerprint density at radius 3 is 2.65 bits per heavy atom. The van der Waals surface area contributed by atoms with Crippen LogP contribution in [0.2, 0.25) is 5.02 Å². The molecule has 0 spiro atoms. The quantitative estimate of drug-likeness (QED) is 0.836. The Kier molecular flexibility index (Phi) is 4.20. The van der Waals surface area contributed by atoms with Crippen LogP contribution in [0.3, 0.4) is 0 Å². The first-order valence-corrected chi connectivity index (χ1v) is 6.31. The van der Waals surface area contributed by atoms with Gasteiger partial charge in [0.15, 0.2) is 5.82 Å². The summed E-state index contributed by atoms with van der Waals surface area (Å²) < 4.78 is 0. The van der Waals surface area contributed by atoms with Crippen molar-refractivity contribution in [2.45, 2.75) is 25.7 Å². The number of urea groups is 1. The number of aromatic nitrogens is 1. The van der Waals surface area contributed by atoms with Gasteiger partial charge in [0, 0.05) is 19.3 Å². The number of nitrogens with one attached hydrogen (secondary N) is 1. The van der Waals surface area contributed by atoms with Crippen molar-refractivity contribution in [3.63, 3.8) is 0 Å². The minimum Gasteiger partial charge on any atom is -0.325 e. The van der Waals surface area contributed by atoms with E-state index in [1.807, 2.05) is 4.90 Å². The molecular formula is C12H16ClN3O. The lowest BCUT2D eigenvalue weighted by molar-refractivity contribution is 0.213. The van der Waals surface area contributed by atoms with Gasteiger partial charge in [-0.05, 0) is 25.0 Å². The monoisotopic (exact) mass is 253 g/mol. The molecule has 92 valence electrons. The van der Waals surface area contributed by atoms with Gasteiger partial charge in [-0.3, -0.25) is 5.32 Å². The third-order valence-electron chi connectivity index (χ3n) is 2.88. The molecule has 1 aromatic rings. The Labute approximate surface area is 106 Å². The van der Waals surface area contributed by atoms with Gasteiger partial charge in [0.25, 0.3) is 0 Å². The zero-order valence-corrected chi connectivity index (χ0v) is 10.4. The Balaban J connectivity index is 1.98. The van der Waals surface area contributed by atoms with Gasteiger partial charge in [-0.1, -0.05) is 24.4 Å². The highest BCUT2D eigenvalue weighted by molar-refractivity contribution is 6.33. The van der Waals surface area contributed by atoms with Crippen LogP contribution in [0.5, 0.6) is 0 Å². The second-order valence-corrected chi connectivity index (χ2v) is 4.57. The predicted octanol–water partition coefficient (Wildman–Crippen LogP) is 3.14. The van der Waals surface area contributed by atoms with Crippen molar-refractivity contribution in [3.8, 4) is 0 Å². The van der Waals surface area contributed by atoms with Crippen LogP contribution in [0.4, 0.5) is 10.6 Å². The molecular weight excluding hydrogens is 238 g/mol. The summed E-state index contributed by atoms with van der Waals surface area (Å²) in [4.78, 5) is 17.9. The van der Waals surface area contributed by atoms with Crippen LogP contribution in [0.15, 0.2) is 18.3 Å². The van der Waals surface area contributed by atoms with E-state index in [0.717, 1.165) is 25.9 Å². The molecule has 0 aromatic carbocycles. The van der Waals surface area contributed by atoms with E-state index in [2.05, 4.69) is 10.3 Å². The van der Waals surface area contributed by atoms with E-state index in [9.17, 15) is 4.79 Å². The molecule has 4 nitrogen and oxygen atoms in total. The van der Waals surface area contributed by atoms with Gasteiger partial charge < -0.3 is 4.90 Å². The van der Waals surface area contributed by atoms with Crippen molar-refractivity contribution in [1.82, 2.24) is 9.88 Å². The number of nitrogens with zero attached hydrogens (tertiary/aromatic N) is 2. The Hall–Kier alpha value is -1.29. The number of anilines is 1. The maximum Gasteiger partial charge on any atom is 0.323 e. The molecule has 1 aromatic heterocycles. The Morgan fingerprint density at radius 1 is 1.29 bits per heavy atom. The summed E-state index contributed by atoms with van der Waals surface area (Å²) in [6.45, 7) is 1.63. The average molecular weight is 254 g/mol. The molecule has 2 heterocycles. The normalized spacial score (nSPS) is 16.4. The van der Waals surface area contributed by atoms with Crippen molar-refractivity contribution in [2.24, 2.45) is 0 Å². The maximum absolute atomic E-state index is 12.0. The lowest BCUT2D eigenvalue weighted by Gasteiger charge is -2.20. The van der Waals surface area contributed by atoms with E-state index in [1.54, 1.807) is 18.3 Å². The highest BCUT2D eigenvalue weighted by Crippen LogP contribution is 2.18. The van der Waals surface area contributed by atoms with Gasteiger partial charge in [-0.25, -0.2) is 9.78 Å². The number of hydrogen-bond donors (Lipinski definition) is 1. The van der Waals surface area contributed by atoms with Crippen LogP contribution >= 0.6 is 11.6 Å². The van der Waals surface area contributed by atoms with E-state index < -0.39 is 0 Å². The smallest absolute Gasteiger partial charge is 0.323 e. The zero-order chi connectivity index (χ0) is 12.1. The van der Waals surface area contributed by atoms with Crippen molar-refractivity contribution in [2.75, 3.05) is 18.4 Å². The molecule has 1 N–H and O–H groups in total. The molecule has 0 atom stereocenters. The second-order valence-electron chi connectivity index (χ2n) is 4.17. The maximum atomic E-state index is 12.0. The van der Waals surface area contributed by atoms with Gasteiger partial charge in [0.05, 0.1) is 5.02 Å². The molecule has 0 saturated carbocycles. The van der Waals surface area contributed by atoms with E-state index in [1.165, 1.54) is 12.8 Å². The molecule has 1 saturated heterocycles. The van der Waals surface area contributed by atoms with Crippen LogP contribution < -0.4 is 5.32 Å². The topological polar surface area (TPSA) is 45.2 Å². The molecule has 2 rings (SSSR count). The number of halogens is 1. The highest BCUT2D eigenvalue weighted by atomic mass is 35.5. The molecule has 0 radical (unpaired) electrons. The summed E-state index contributed by atoms with van der Waals surface area (Å²) in [6.07, 6.45) is 6.17. The van der Waals surface area contributed by atoms with E-state index in [-0.39, 0.29) is 6.03 Å². The highest BCUT2D eigenvalue weighted by Gasteiger charge is 2.16. The standard InChI is InChI=1S/C12H16ClN3O/c13-10-6-5-7-14-11(10)15-12(17)16-8-3-1-2-4-9-16/h5-7H,1-4,8-9H2,(H,14,15,17). The first kappa shape index (κ1) is 12.2. The van der Waals surface area contributed by atoms with Crippen molar-refractivity contribution < 1.29 is 4.79 Å². The number of amides is 2. The second kappa shape index (κ2) is 5.87. The number of likely N-dealkylation sites (tertiary alicyclic amines) is 1. The van der Waals surface area contributed by atoms with Crippen LogP contribution in [-0.4, -0.2) is 29.0 Å². The van der Waals surface area contributed by atoms with E-state index in [0.29, 0.717) is 10.8 Å². The van der Waals surface area contributed by atoms with Crippen molar-refractivity contribution >= 4 is 23.4 Å². The first-order chi connectivity index (χ1) is 8.27. The third-order valence-corrected chi connectivity index (χ3v) is 3.18. The number of hydrogen-bond acceptors (Lipinski definition) is 2. The molecule has 0 bridgehead atoms. The van der Waals surface area contributed by atoms with E-state index in [4.69, 9.17) is 11.6 Å². The summed E-state index contributed by atoms with van der Waals surface area (Å²) in [6, 6.07) is 3.35. The molecule has 2 amide bonds. The van der Waals surface area contributed by atoms with Crippen molar-refractivity contribution in [1.29, 1.82) is 0 Å². The minimum atomic E-state index is -0.104. The summed E-state index contributed by atoms with van der Waals surface area (Å²) >= 11 is 5.94. The molecule has 0 aliphatic carbocycles. The average Bonchev–Trinajstić information content (AvgIpc) is 2.61. The SMILES string of the molecule is O=C(Nc1ncccc1Cl)N1CCCCCC1. The predicted molar refractivity (Wildman–Crippen MR) is 68.3 cm³/mol. The molecule has 17 heavy (non-hydrogen) atoms. The number of carbonyl (C=O) groups excluding carboxylic acids is 1. The van der Waals surface area contributed by atoms with Crippen LogP contribution in [0.1, 0.15) is 25.7 Å². The lowest BCUT2D eigenvalue weighted by Crippen LogP contribution is -2.35. The van der Waals surface area contributed by atoms with Crippen LogP contribution in [-0.2, 0) is 0 Å². The third kappa shape index (κ3) is 3.33. The zero-order valence-electron chi connectivity index (χ0n) is 9.66. The summed E-state index contributed by atoms with van der Waals surface area (Å²) in [5, 5.41) is 3.22. The van der Waals surface area contributed by atoms with Gasteiger partial charge >= 0.3 is 6.03 Å². The largest absolute Gasteiger partial charge is 0.325 e. The Morgan fingerprint density at radius 2 is 2.00 bits per heavy atom. The Bertz CT molecular complexity index is 389. The fraction of sp³-hybridized carbons (Fsp3) is 0.500. The number of pyridine rings is 1. The lowest BCUT2D eigenvalue weighted by atomic mass is 10.2. The minimum absolute atomic E-state index is 0.104. The molecule has 1 fully saturated rings. The molecule has 5 heteroatoms. The van der Waals surface area contributed by atoms with Gasteiger partial charge in [0.2, 0.25) is 0 Å².